The molecule has 1 aromatic heterocycles. The van der Waals surface area contributed by atoms with Gasteiger partial charge in [0.05, 0.1) is 11.3 Å². The molecule has 6 nitrogen and oxygen atoms in total. The van der Waals surface area contributed by atoms with E-state index < -0.39 is 10.0 Å². The highest BCUT2D eigenvalue weighted by Crippen LogP contribution is 2.27. The zero-order valence-electron chi connectivity index (χ0n) is 15.1. The Bertz CT molecular complexity index is 875. The quantitative estimate of drug-likeness (QED) is 0.734. The van der Waals surface area contributed by atoms with Crippen LogP contribution in [0.3, 0.4) is 0 Å². The van der Waals surface area contributed by atoms with Crippen LogP contribution in [-0.4, -0.2) is 31.1 Å². The van der Waals surface area contributed by atoms with Gasteiger partial charge >= 0.3 is 0 Å². The Balaban J connectivity index is 1.58. The molecule has 1 saturated carbocycles. The summed E-state index contributed by atoms with van der Waals surface area (Å²) in [5.41, 5.74) is 1.10. The van der Waals surface area contributed by atoms with E-state index >= 15 is 0 Å². The SMILES string of the molecule is CCS(=O)(=O)Nc1ccc(Sc2ccc(C(=O)NC3CCCC3)cn2)cc1. The minimum Gasteiger partial charge on any atom is -0.349 e. The predicted molar refractivity (Wildman–Crippen MR) is 108 cm³/mol. The van der Waals surface area contributed by atoms with Crippen molar-refractivity contribution in [3.63, 3.8) is 0 Å². The van der Waals surface area contributed by atoms with E-state index in [1.54, 1.807) is 31.3 Å². The summed E-state index contributed by atoms with van der Waals surface area (Å²) in [6, 6.07) is 11.0. The predicted octanol–water partition coefficient (Wildman–Crippen LogP) is 3.67. The van der Waals surface area contributed by atoms with E-state index in [0.29, 0.717) is 11.3 Å². The van der Waals surface area contributed by atoms with Crippen molar-refractivity contribution >= 4 is 33.4 Å². The molecule has 2 N–H and O–H groups in total. The van der Waals surface area contributed by atoms with Crippen LogP contribution in [-0.2, 0) is 10.0 Å². The number of nitrogens with zero attached hydrogens (tertiary/aromatic N) is 1. The van der Waals surface area contributed by atoms with Crippen LogP contribution in [0.2, 0.25) is 0 Å². The van der Waals surface area contributed by atoms with Crippen LogP contribution in [0.5, 0.6) is 0 Å². The number of nitrogens with one attached hydrogen (secondary N) is 2. The Morgan fingerprint density at radius 2 is 1.85 bits per heavy atom. The standard InChI is InChI=1S/C19H23N3O3S2/c1-2-27(24,25)22-16-8-10-17(11-9-16)26-18-12-7-14(13-20-18)19(23)21-15-5-3-4-6-15/h7-13,15,22H,2-6H2,1H3,(H,21,23). The maximum atomic E-state index is 12.2. The van der Waals surface area contributed by atoms with E-state index in [2.05, 4.69) is 15.0 Å². The second-order valence-electron chi connectivity index (χ2n) is 6.47. The molecular formula is C19H23N3O3S2. The first-order valence-corrected chi connectivity index (χ1v) is 11.5. The normalized spacial score (nSPS) is 14.9. The molecule has 0 bridgehead atoms. The first-order valence-electron chi connectivity index (χ1n) is 9.00. The lowest BCUT2D eigenvalue weighted by Crippen LogP contribution is -2.32. The van der Waals surface area contributed by atoms with Gasteiger partial charge in [-0.3, -0.25) is 9.52 Å². The molecule has 8 heteroatoms. The number of carbonyl (C=O) groups excluding carboxylic acids is 1. The van der Waals surface area contributed by atoms with Crippen LogP contribution < -0.4 is 10.0 Å². The third kappa shape index (κ3) is 5.71. The minimum atomic E-state index is -3.27. The topological polar surface area (TPSA) is 88.2 Å². The zero-order valence-corrected chi connectivity index (χ0v) is 16.8. The molecule has 0 unspecified atom stereocenters. The van der Waals surface area contributed by atoms with Crippen LogP contribution in [0.25, 0.3) is 0 Å². The summed E-state index contributed by atoms with van der Waals surface area (Å²) < 4.78 is 25.7. The third-order valence-electron chi connectivity index (χ3n) is 4.42. The summed E-state index contributed by atoms with van der Waals surface area (Å²) in [5, 5.41) is 3.82. The molecule has 3 rings (SSSR count). The van der Waals surface area contributed by atoms with Gasteiger partial charge in [-0.05, 0) is 56.2 Å². The first-order chi connectivity index (χ1) is 12.9. The number of hydrogen-bond donors (Lipinski definition) is 2. The maximum Gasteiger partial charge on any atom is 0.253 e. The molecule has 144 valence electrons. The molecule has 1 aliphatic carbocycles. The molecule has 27 heavy (non-hydrogen) atoms. The first kappa shape index (κ1) is 19.7. The fraction of sp³-hybridized carbons (Fsp3) is 0.368. The van der Waals surface area contributed by atoms with Crippen molar-refractivity contribution in [2.75, 3.05) is 10.5 Å². The van der Waals surface area contributed by atoms with Crippen molar-refractivity contribution in [3.8, 4) is 0 Å². The van der Waals surface area contributed by atoms with Gasteiger partial charge in [0.2, 0.25) is 10.0 Å². The third-order valence-corrected chi connectivity index (χ3v) is 6.68. The van der Waals surface area contributed by atoms with Gasteiger partial charge in [-0.15, -0.1) is 0 Å². The zero-order chi connectivity index (χ0) is 19.3. The van der Waals surface area contributed by atoms with Crippen molar-refractivity contribution in [1.29, 1.82) is 0 Å². The highest BCUT2D eigenvalue weighted by molar-refractivity contribution is 7.99. The summed E-state index contributed by atoms with van der Waals surface area (Å²) in [7, 11) is -3.27. The highest BCUT2D eigenvalue weighted by Gasteiger charge is 2.18. The molecule has 1 aliphatic rings. The maximum absolute atomic E-state index is 12.2. The van der Waals surface area contributed by atoms with Crippen molar-refractivity contribution in [2.24, 2.45) is 0 Å². The number of aromatic nitrogens is 1. The molecule has 0 saturated heterocycles. The highest BCUT2D eigenvalue weighted by atomic mass is 32.2. The van der Waals surface area contributed by atoms with Gasteiger partial charge in [-0.1, -0.05) is 24.6 Å². The van der Waals surface area contributed by atoms with Crippen LogP contribution in [0.4, 0.5) is 5.69 Å². The van der Waals surface area contributed by atoms with E-state index in [1.165, 1.54) is 24.6 Å². The smallest absolute Gasteiger partial charge is 0.253 e. The lowest BCUT2D eigenvalue weighted by molar-refractivity contribution is 0.0937. The Morgan fingerprint density at radius 3 is 2.44 bits per heavy atom. The number of carbonyl (C=O) groups is 1. The van der Waals surface area contributed by atoms with Crippen LogP contribution in [0.1, 0.15) is 43.0 Å². The van der Waals surface area contributed by atoms with E-state index in [0.717, 1.165) is 22.8 Å². The van der Waals surface area contributed by atoms with E-state index in [4.69, 9.17) is 0 Å². The monoisotopic (exact) mass is 405 g/mol. The van der Waals surface area contributed by atoms with Crippen LogP contribution in [0.15, 0.2) is 52.5 Å². The number of pyridine rings is 1. The molecule has 0 spiro atoms. The summed E-state index contributed by atoms with van der Waals surface area (Å²) >= 11 is 1.45. The number of anilines is 1. The molecule has 1 aromatic carbocycles. The van der Waals surface area contributed by atoms with Crippen LogP contribution in [0, 0.1) is 0 Å². The molecular weight excluding hydrogens is 382 g/mol. The van der Waals surface area contributed by atoms with Gasteiger partial charge in [-0.25, -0.2) is 13.4 Å². The molecule has 1 amide bonds. The van der Waals surface area contributed by atoms with E-state index in [1.807, 2.05) is 18.2 Å². The number of benzene rings is 1. The van der Waals surface area contributed by atoms with Gasteiger partial charge in [0.1, 0.15) is 5.03 Å². The Kier molecular flexibility index (Phi) is 6.38. The Labute approximate surface area is 164 Å². The van der Waals surface area contributed by atoms with Gasteiger partial charge < -0.3 is 5.32 Å². The number of rotatable bonds is 7. The fourth-order valence-corrected chi connectivity index (χ4v) is 4.27. The fourth-order valence-electron chi connectivity index (χ4n) is 2.88. The van der Waals surface area contributed by atoms with Crippen molar-refractivity contribution in [3.05, 3.63) is 48.2 Å². The van der Waals surface area contributed by atoms with Crippen LogP contribution >= 0.6 is 11.8 Å². The van der Waals surface area contributed by atoms with Crippen molar-refractivity contribution in [1.82, 2.24) is 10.3 Å². The second kappa shape index (κ2) is 8.75. The average molecular weight is 406 g/mol. The summed E-state index contributed by atoms with van der Waals surface area (Å²) in [5.74, 6) is -0.0350. The summed E-state index contributed by atoms with van der Waals surface area (Å²) in [4.78, 5) is 17.5. The Hall–Kier alpha value is -2.06. The molecule has 1 fully saturated rings. The summed E-state index contributed by atoms with van der Waals surface area (Å²) in [6.45, 7) is 1.59. The van der Waals surface area contributed by atoms with Gasteiger partial charge in [0.15, 0.2) is 0 Å². The number of sulfonamides is 1. The van der Waals surface area contributed by atoms with Crippen molar-refractivity contribution in [2.45, 2.75) is 48.6 Å². The molecule has 0 aliphatic heterocycles. The van der Waals surface area contributed by atoms with E-state index in [9.17, 15) is 13.2 Å². The minimum absolute atomic E-state index is 0.0358. The lowest BCUT2D eigenvalue weighted by atomic mass is 10.2. The number of amides is 1. The Morgan fingerprint density at radius 1 is 1.15 bits per heavy atom. The molecule has 0 atom stereocenters. The largest absolute Gasteiger partial charge is 0.349 e. The molecule has 0 radical (unpaired) electrons. The average Bonchev–Trinajstić information content (AvgIpc) is 3.17. The van der Waals surface area contributed by atoms with Gasteiger partial charge in [0.25, 0.3) is 5.91 Å². The van der Waals surface area contributed by atoms with Crippen molar-refractivity contribution < 1.29 is 13.2 Å². The second-order valence-corrected chi connectivity index (χ2v) is 9.58. The van der Waals surface area contributed by atoms with Gasteiger partial charge in [-0.2, -0.15) is 0 Å². The summed E-state index contributed by atoms with van der Waals surface area (Å²) in [6.07, 6.45) is 6.06. The number of hydrogen-bond acceptors (Lipinski definition) is 5. The lowest BCUT2D eigenvalue weighted by Gasteiger charge is -2.11. The van der Waals surface area contributed by atoms with Gasteiger partial charge in [0, 0.05) is 22.8 Å². The molecule has 1 heterocycles. The van der Waals surface area contributed by atoms with E-state index in [-0.39, 0.29) is 17.7 Å². The molecule has 2 aromatic rings.